The number of rotatable bonds is 3. The van der Waals surface area contributed by atoms with Crippen LogP contribution in [-0.2, 0) is 0 Å². The van der Waals surface area contributed by atoms with E-state index in [1.165, 1.54) is 20.3 Å². The Hall–Kier alpha value is -3.02. The van der Waals surface area contributed by atoms with Crippen LogP contribution in [0.15, 0.2) is 35.1 Å². The highest BCUT2D eigenvalue weighted by Crippen LogP contribution is 2.31. The molecule has 2 aromatic carbocycles. The number of aromatic amines is 1. The van der Waals surface area contributed by atoms with E-state index >= 15 is 0 Å². The molecule has 0 amide bonds. The summed E-state index contributed by atoms with van der Waals surface area (Å²) in [6.07, 6.45) is 0. The van der Waals surface area contributed by atoms with Crippen LogP contribution in [0.4, 0.5) is 0 Å². The molecule has 112 valence electrons. The number of hydrogen-bond donors (Lipinski definition) is 2. The first-order chi connectivity index (χ1) is 10.6. The summed E-state index contributed by atoms with van der Waals surface area (Å²) in [7, 11) is 2.95. The highest BCUT2D eigenvalue weighted by atomic mass is 16.5. The molecular weight excluding hydrogens is 286 g/mol. The molecule has 1 aromatic heterocycles. The van der Waals surface area contributed by atoms with Gasteiger partial charge in [0.15, 0.2) is 0 Å². The lowest BCUT2D eigenvalue weighted by atomic mass is 10.1. The molecule has 0 aliphatic rings. The van der Waals surface area contributed by atoms with Gasteiger partial charge in [-0.2, -0.15) is 0 Å². The molecule has 0 atom stereocenters. The Morgan fingerprint density at radius 1 is 1.05 bits per heavy atom. The standard InChI is InChI=1S/C16H13NO5/c1-21-10-6-7-11(22-2)14-12(10)15(18)8-4-3-5-9(16(19)20)13(8)17-14/h3-7H,1-2H3,(H,17,18)(H,19,20). The third-order valence-corrected chi connectivity index (χ3v) is 3.59. The molecule has 1 heterocycles. The highest BCUT2D eigenvalue weighted by molar-refractivity contribution is 6.06. The first-order valence-corrected chi connectivity index (χ1v) is 6.51. The van der Waals surface area contributed by atoms with Gasteiger partial charge in [-0.25, -0.2) is 4.79 Å². The molecule has 0 spiro atoms. The van der Waals surface area contributed by atoms with Crippen LogP contribution in [0.5, 0.6) is 11.5 Å². The molecule has 0 fully saturated rings. The molecule has 0 saturated heterocycles. The lowest BCUT2D eigenvalue weighted by Gasteiger charge is -2.11. The average molecular weight is 299 g/mol. The van der Waals surface area contributed by atoms with Crippen LogP contribution in [0.3, 0.4) is 0 Å². The minimum atomic E-state index is -1.11. The molecule has 3 aromatic rings. The second-order valence-corrected chi connectivity index (χ2v) is 4.71. The number of methoxy groups -OCH3 is 2. The van der Waals surface area contributed by atoms with Crippen molar-refractivity contribution in [1.82, 2.24) is 4.98 Å². The van der Waals surface area contributed by atoms with Crippen LogP contribution in [0.1, 0.15) is 10.4 Å². The Labute approximate surface area is 124 Å². The zero-order chi connectivity index (χ0) is 15.9. The predicted molar refractivity (Wildman–Crippen MR) is 82.1 cm³/mol. The van der Waals surface area contributed by atoms with E-state index in [4.69, 9.17) is 9.47 Å². The van der Waals surface area contributed by atoms with Gasteiger partial charge >= 0.3 is 5.97 Å². The summed E-state index contributed by atoms with van der Waals surface area (Å²) in [4.78, 5) is 27.1. The second kappa shape index (κ2) is 5.07. The summed E-state index contributed by atoms with van der Waals surface area (Å²) >= 11 is 0. The Morgan fingerprint density at radius 3 is 2.36 bits per heavy atom. The van der Waals surface area contributed by atoms with Crippen LogP contribution in [0, 0.1) is 0 Å². The molecule has 0 aliphatic carbocycles. The maximum absolute atomic E-state index is 12.8. The fourth-order valence-electron chi connectivity index (χ4n) is 2.57. The highest BCUT2D eigenvalue weighted by Gasteiger charge is 2.17. The van der Waals surface area contributed by atoms with Crippen LogP contribution in [0.2, 0.25) is 0 Å². The topological polar surface area (TPSA) is 88.6 Å². The van der Waals surface area contributed by atoms with Crippen LogP contribution >= 0.6 is 0 Å². The van der Waals surface area contributed by atoms with E-state index in [0.717, 1.165) is 0 Å². The van der Waals surface area contributed by atoms with Gasteiger partial charge in [-0.3, -0.25) is 4.79 Å². The first kappa shape index (κ1) is 13.9. The van der Waals surface area contributed by atoms with Gasteiger partial charge in [0.25, 0.3) is 0 Å². The lowest BCUT2D eigenvalue weighted by molar-refractivity contribution is 0.0699. The van der Waals surface area contributed by atoms with Gasteiger partial charge in [0.05, 0.1) is 36.2 Å². The van der Waals surface area contributed by atoms with E-state index in [1.54, 1.807) is 24.3 Å². The molecule has 0 aliphatic heterocycles. The van der Waals surface area contributed by atoms with E-state index in [0.29, 0.717) is 27.8 Å². The second-order valence-electron chi connectivity index (χ2n) is 4.71. The van der Waals surface area contributed by atoms with E-state index in [-0.39, 0.29) is 16.5 Å². The summed E-state index contributed by atoms with van der Waals surface area (Å²) in [5.41, 5.74) is 0.399. The molecule has 22 heavy (non-hydrogen) atoms. The van der Waals surface area contributed by atoms with Crippen LogP contribution in [-0.4, -0.2) is 30.3 Å². The smallest absolute Gasteiger partial charge is 0.337 e. The Bertz CT molecular complexity index is 958. The molecule has 0 unspecified atom stereocenters. The minimum Gasteiger partial charge on any atom is -0.496 e. The number of carboxylic acid groups (broad SMARTS) is 1. The van der Waals surface area contributed by atoms with Gasteiger partial charge < -0.3 is 19.6 Å². The van der Waals surface area contributed by atoms with Crippen molar-refractivity contribution in [3.05, 3.63) is 46.1 Å². The molecule has 0 bridgehead atoms. The minimum absolute atomic E-state index is 0.0290. The number of pyridine rings is 1. The Morgan fingerprint density at radius 2 is 1.73 bits per heavy atom. The molecule has 2 N–H and O–H groups in total. The van der Waals surface area contributed by atoms with Crippen molar-refractivity contribution < 1.29 is 19.4 Å². The SMILES string of the molecule is COc1ccc(OC)c2c(=O)c3cccc(C(=O)O)c3[nH]c12. The zero-order valence-electron chi connectivity index (χ0n) is 12.0. The van der Waals surface area contributed by atoms with E-state index in [9.17, 15) is 14.7 Å². The monoisotopic (exact) mass is 299 g/mol. The van der Waals surface area contributed by atoms with Gasteiger partial charge in [-0.15, -0.1) is 0 Å². The van der Waals surface area contributed by atoms with Crippen molar-refractivity contribution in [3.63, 3.8) is 0 Å². The fraction of sp³-hybridized carbons (Fsp3) is 0.125. The lowest BCUT2D eigenvalue weighted by Crippen LogP contribution is -2.09. The quantitative estimate of drug-likeness (QED) is 0.725. The normalized spacial score (nSPS) is 10.8. The van der Waals surface area contributed by atoms with Gasteiger partial charge in [0, 0.05) is 5.39 Å². The van der Waals surface area contributed by atoms with Crippen molar-refractivity contribution in [2.24, 2.45) is 0 Å². The van der Waals surface area contributed by atoms with Crippen molar-refractivity contribution >= 4 is 27.8 Å². The number of carbonyl (C=O) groups is 1. The van der Waals surface area contributed by atoms with E-state index in [2.05, 4.69) is 4.98 Å². The van der Waals surface area contributed by atoms with Crippen molar-refractivity contribution in [2.45, 2.75) is 0 Å². The Balaban J connectivity index is 2.60. The van der Waals surface area contributed by atoms with Crippen molar-refractivity contribution in [1.29, 1.82) is 0 Å². The number of aromatic nitrogens is 1. The van der Waals surface area contributed by atoms with Gasteiger partial charge in [-0.1, -0.05) is 6.07 Å². The number of hydrogen-bond acceptors (Lipinski definition) is 4. The fourth-order valence-corrected chi connectivity index (χ4v) is 2.57. The average Bonchev–Trinajstić information content (AvgIpc) is 2.53. The third kappa shape index (κ3) is 1.88. The number of carboxylic acids is 1. The number of nitrogens with one attached hydrogen (secondary N) is 1. The molecule has 6 nitrogen and oxygen atoms in total. The molecule has 0 radical (unpaired) electrons. The van der Waals surface area contributed by atoms with Gasteiger partial charge in [0.1, 0.15) is 11.5 Å². The summed E-state index contributed by atoms with van der Waals surface area (Å²) in [6.45, 7) is 0. The molecule has 6 heteroatoms. The van der Waals surface area contributed by atoms with E-state index < -0.39 is 5.97 Å². The largest absolute Gasteiger partial charge is 0.496 e. The number of fused-ring (bicyclic) bond motifs is 2. The van der Waals surface area contributed by atoms with Crippen molar-refractivity contribution in [2.75, 3.05) is 14.2 Å². The van der Waals surface area contributed by atoms with E-state index in [1.807, 2.05) is 0 Å². The number of aromatic carboxylic acids is 1. The van der Waals surface area contributed by atoms with Gasteiger partial charge in [0.2, 0.25) is 5.43 Å². The van der Waals surface area contributed by atoms with Crippen LogP contribution in [0.25, 0.3) is 21.8 Å². The summed E-state index contributed by atoms with van der Waals surface area (Å²) in [6, 6.07) is 7.87. The zero-order valence-corrected chi connectivity index (χ0v) is 12.0. The maximum Gasteiger partial charge on any atom is 0.337 e. The molecule has 3 rings (SSSR count). The predicted octanol–water partition coefficient (Wildman–Crippen LogP) is 2.40. The summed E-state index contributed by atoms with van der Waals surface area (Å²) in [5, 5.41) is 9.92. The van der Waals surface area contributed by atoms with Crippen LogP contribution < -0.4 is 14.9 Å². The molecule has 0 saturated carbocycles. The number of H-pyrrole nitrogens is 1. The number of ether oxygens (including phenoxy) is 2. The van der Waals surface area contributed by atoms with Gasteiger partial charge in [-0.05, 0) is 24.3 Å². The van der Waals surface area contributed by atoms with Crippen molar-refractivity contribution in [3.8, 4) is 11.5 Å². The molecular formula is C16H13NO5. The summed E-state index contributed by atoms with van der Waals surface area (Å²) < 4.78 is 10.5. The maximum atomic E-state index is 12.8. The number of benzene rings is 2. The first-order valence-electron chi connectivity index (χ1n) is 6.51. The summed E-state index contributed by atoms with van der Waals surface area (Å²) in [5.74, 6) is -0.267. The third-order valence-electron chi connectivity index (χ3n) is 3.59. The Kier molecular flexibility index (Phi) is 3.21. The number of para-hydroxylation sites is 1.